The molecule has 0 bridgehead atoms. The Balaban J connectivity index is 2.24. The van der Waals surface area contributed by atoms with Crippen molar-refractivity contribution in [1.29, 1.82) is 0 Å². The summed E-state index contributed by atoms with van der Waals surface area (Å²) in [6.45, 7) is 1.25. The van der Waals surface area contributed by atoms with Crippen molar-refractivity contribution in [3.05, 3.63) is 33.8 Å². The first-order chi connectivity index (χ1) is 8.63. The fraction of sp³-hybridized carbons (Fsp3) is 0.462. The summed E-state index contributed by atoms with van der Waals surface area (Å²) < 4.78 is 0. The third-order valence-electron chi connectivity index (χ3n) is 3.32. The van der Waals surface area contributed by atoms with Gasteiger partial charge in [0, 0.05) is 24.2 Å². The van der Waals surface area contributed by atoms with Crippen molar-refractivity contribution in [2.45, 2.75) is 25.3 Å². The number of piperidine rings is 1. The molecule has 1 aromatic rings. The third kappa shape index (κ3) is 2.79. The first kappa shape index (κ1) is 13.7. The van der Waals surface area contributed by atoms with Crippen LogP contribution in [-0.2, 0) is 0 Å². The van der Waals surface area contributed by atoms with E-state index in [2.05, 4.69) is 0 Å². The molecule has 1 amide bonds. The summed E-state index contributed by atoms with van der Waals surface area (Å²) in [5, 5.41) is 0.930. The molecule has 1 aliphatic heterocycles. The van der Waals surface area contributed by atoms with Crippen LogP contribution in [0, 0.1) is 0 Å². The maximum Gasteiger partial charge on any atom is 0.255 e. The smallest absolute Gasteiger partial charge is 0.255 e. The number of benzene rings is 1. The molecule has 1 aromatic carbocycles. The summed E-state index contributed by atoms with van der Waals surface area (Å²) in [6.07, 6.45) is 3.11. The van der Waals surface area contributed by atoms with Crippen molar-refractivity contribution >= 4 is 29.1 Å². The number of carbonyl (C=O) groups is 1. The van der Waals surface area contributed by atoms with E-state index in [1.165, 1.54) is 0 Å². The average molecular weight is 287 g/mol. The van der Waals surface area contributed by atoms with Crippen LogP contribution >= 0.6 is 23.2 Å². The minimum Gasteiger partial charge on any atom is -0.334 e. The molecule has 1 heterocycles. The average Bonchev–Trinajstić information content (AvgIpc) is 2.38. The molecular weight excluding hydrogens is 271 g/mol. The maximum atomic E-state index is 12.4. The molecule has 3 nitrogen and oxygen atoms in total. The van der Waals surface area contributed by atoms with E-state index in [1.807, 2.05) is 4.90 Å². The van der Waals surface area contributed by atoms with Gasteiger partial charge in [-0.15, -0.1) is 0 Å². The van der Waals surface area contributed by atoms with E-state index in [4.69, 9.17) is 28.9 Å². The molecular formula is C13H16Cl2N2O. The van der Waals surface area contributed by atoms with Crippen LogP contribution in [0.1, 0.15) is 29.6 Å². The van der Waals surface area contributed by atoms with Crippen LogP contribution in [0.4, 0.5) is 0 Å². The highest BCUT2D eigenvalue weighted by molar-refractivity contribution is 6.36. The molecule has 0 saturated carbocycles. The Kier molecular flexibility index (Phi) is 4.49. The molecule has 0 aromatic heterocycles. The van der Waals surface area contributed by atoms with E-state index in [9.17, 15) is 4.79 Å². The molecule has 0 radical (unpaired) electrons. The van der Waals surface area contributed by atoms with Crippen molar-refractivity contribution in [3.8, 4) is 0 Å². The lowest BCUT2D eigenvalue weighted by molar-refractivity contribution is 0.0623. The van der Waals surface area contributed by atoms with Gasteiger partial charge in [-0.1, -0.05) is 23.2 Å². The molecule has 1 fully saturated rings. The Labute approximate surface area is 117 Å². The first-order valence-electron chi connectivity index (χ1n) is 6.09. The summed E-state index contributed by atoms with van der Waals surface area (Å²) >= 11 is 11.9. The lowest BCUT2D eigenvalue weighted by Crippen LogP contribution is -2.47. The number of likely N-dealkylation sites (tertiary alicyclic amines) is 1. The quantitative estimate of drug-likeness (QED) is 0.909. The van der Waals surface area contributed by atoms with Gasteiger partial charge in [0.1, 0.15) is 0 Å². The van der Waals surface area contributed by atoms with Gasteiger partial charge in [0.05, 0.1) is 10.6 Å². The number of hydrogen-bond donors (Lipinski definition) is 1. The normalized spacial score (nSPS) is 19.9. The Morgan fingerprint density at radius 1 is 1.39 bits per heavy atom. The Hall–Kier alpha value is -0.770. The minimum absolute atomic E-state index is 0.0492. The van der Waals surface area contributed by atoms with Gasteiger partial charge < -0.3 is 10.6 Å². The number of rotatable bonds is 2. The summed E-state index contributed by atoms with van der Waals surface area (Å²) in [5.41, 5.74) is 6.23. The van der Waals surface area contributed by atoms with Crippen molar-refractivity contribution in [1.82, 2.24) is 4.90 Å². The Morgan fingerprint density at radius 3 is 2.83 bits per heavy atom. The minimum atomic E-state index is -0.0492. The SMILES string of the molecule is NC[C@@H]1CCCCN1C(=O)c1ccc(Cl)cc1Cl. The van der Waals surface area contributed by atoms with E-state index in [1.54, 1.807) is 18.2 Å². The summed E-state index contributed by atoms with van der Waals surface area (Å²) in [4.78, 5) is 14.3. The van der Waals surface area contributed by atoms with Crippen LogP contribution in [0.3, 0.4) is 0 Å². The summed E-state index contributed by atoms with van der Waals surface area (Å²) in [6, 6.07) is 5.08. The van der Waals surface area contributed by atoms with Crippen LogP contribution in [0.15, 0.2) is 18.2 Å². The largest absolute Gasteiger partial charge is 0.334 e. The summed E-state index contributed by atoms with van der Waals surface area (Å²) in [5.74, 6) is -0.0492. The number of nitrogens with zero attached hydrogens (tertiary/aromatic N) is 1. The molecule has 2 rings (SSSR count). The predicted molar refractivity (Wildman–Crippen MR) is 74.2 cm³/mol. The van der Waals surface area contributed by atoms with E-state index in [0.717, 1.165) is 25.8 Å². The number of hydrogen-bond acceptors (Lipinski definition) is 2. The lowest BCUT2D eigenvalue weighted by Gasteiger charge is -2.35. The fourth-order valence-corrected chi connectivity index (χ4v) is 2.82. The van der Waals surface area contributed by atoms with Gasteiger partial charge in [-0.25, -0.2) is 0 Å². The number of carbonyl (C=O) groups excluding carboxylic acids is 1. The van der Waals surface area contributed by atoms with Gasteiger partial charge in [-0.2, -0.15) is 0 Å². The zero-order valence-corrected chi connectivity index (χ0v) is 11.5. The van der Waals surface area contributed by atoms with Gasteiger partial charge in [0.15, 0.2) is 0 Å². The van der Waals surface area contributed by atoms with Crippen LogP contribution in [0.2, 0.25) is 10.0 Å². The molecule has 2 N–H and O–H groups in total. The van der Waals surface area contributed by atoms with Crippen molar-refractivity contribution in [2.24, 2.45) is 5.73 Å². The van der Waals surface area contributed by atoms with Crippen LogP contribution in [-0.4, -0.2) is 29.9 Å². The van der Waals surface area contributed by atoms with E-state index < -0.39 is 0 Å². The molecule has 1 saturated heterocycles. The molecule has 0 unspecified atom stereocenters. The first-order valence-corrected chi connectivity index (χ1v) is 6.85. The van der Waals surface area contributed by atoms with Gasteiger partial charge in [0.25, 0.3) is 5.91 Å². The second-order valence-corrected chi connectivity index (χ2v) is 5.35. The predicted octanol–water partition coefficient (Wildman–Crippen LogP) is 2.95. The van der Waals surface area contributed by atoms with Gasteiger partial charge in [-0.3, -0.25) is 4.79 Å². The van der Waals surface area contributed by atoms with Crippen molar-refractivity contribution in [2.75, 3.05) is 13.1 Å². The van der Waals surface area contributed by atoms with Crippen LogP contribution in [0.25, 0.3) is 0 Å². The fourth-order valence-electron chi connectivity index (χ4n) is 2.33. The Bertz CT molecular complexity index is 451. The van der Waals surface area contributed by atoms with Crippen LogP contribution < -0.4 is 5.73 Å². The highest BCUT2D eigenvalue weighted by Crippen LogP contribution is 2.25. The number of halogens is 2. The molecule has 1 atom stereocenters. The molecule has 5 heteroatoms. The summed E-state index contributed by atoms with van der Waals surface area (Å²) in [7, 11) is 0. The van der Waals surface area contributed by atoms with Crippen molar-refractivity contribution < 1.29 is 4.79 Å². The van der Waals surface area contributed by atoms with Gasteiger partial charge in [-0.05, 0) is 37.5 Å². The van der Waals surface area contributed by atoms with E-state index >= 15 is 0 Å². The molecule has 0 aliphatic carbocycles. The topological polar surface area (TPSA) is 46.3 Å². The van der Waals surface area contributed by atoms with Gasteiger partial charge >= 0.3 is 0 Å². The molecule has 18 heavy (non-hydrogen) atoms. The van der Waals surface area contributed by atoms with Crippen molar-refractivity contribution in [3.63, 3.8) is 0 Å². The third-order valence-corrected chi connectivity index (χ3v) is 3.87. The lowest BCUT2D eigenvalue weighted by atomic mass is 10.0. The number of nitrogens with two attached hydrogens (primary N) is 1. The number of amides is 1. The zero-order valence-electron chi connectivity index (χ0n) is 10.0. The van der Waals surface area contributed by atoms with E-state index in [-0.39, 0.29) is 11.9 Å². The molecule has 1 aliphatic rings. The molecule has 0 spiro atoms. The molecule has 98 valence electrons. The van der Waals surface area contributed by atoms with E-state index in [0.29, 0.717) is 22.2 Å². The van der Waals surface area contributed by atoms with Gasteiger partial charge in [0.2, 0.25) is 0 Å². The second-order valence-electron chi connectivity index (χ2n) is 4.51. The Morgan fingerprint density at radius 2 is 2.17 bits per heavy atom. The zero-order chi connectivity index (χ0) is 13.1. The monoisotopic (exact) mass is 286 g/mol. The maximum absolute atomic E-state index is 12.4. The highest BCUT2D eigenvalue weighted by atomic mass is 35.5. The standard InChI is InChI=1S/C13H16Cl2N2O/c14-9-4-5-11(12(15)7-9)13(18)17-6-2-1-3-10(17)8-16/h4-5,7,10H,1-3,6,8,16H2/t10-/m0/s1. The van der Waals surface area contributed by atoms with Crippen LogP contribution in [0.5, 0.6) is 0 Å². The second kappa shape index (κ2) is 5.91. The highest BCUT2D eigenvalue weighted by Gasteiger charge is 2.27.